The van der Waals surface area contributed by atoms with Crippen molar-refractivity contribution in [1.29, 1.82) is 5.26 Å². The summed E-state index contributed by atoms with van der Waals surface area (Å²) in [5.41, 5.74) is 1.11. The van der Waals surface area contributed by atoms with E-state index in [1.807, 2.05) is 26.0 Å². The van der Waals surface area contributed by atoms with Crippen LogP contribution < -0.4 is 4.74 Å². The van der Waals surface area contributed by atoms with Gasteiger partial charge in [0.25, 0.3) is 0 Å². The Balaban J connectivity index is 1.87. The van der Waals surface area contributed by atoms with Crippen LogP contribution in [-0.2, 0) is 9.47 Å². The van der Waals surface area contributed by atoms with Crippen molar-refractivity contribution in [2.45, 2.75) is 55.9 Å². The first-order valence-electron chi connectivity index (χ1n) is 7.65. The lowest BCUT2D eigenvalue weighted by atomic mass is 9.90. The van der Waals surface area contributed by atoms with E-state index in [1.54, 1.807) is 6.07 Å². The van der Waals surface area contributed by atoms with Crippen LogP contribution in [0.1, 0.15) is 49.1 Å². The van der Waals surface area contributed by atoms with Crippen LogP contribution in [0.4, 0.5) is 0 Å². The summed E-state index contributed by atoms with van der Waals surface area (Å²) in [7, 11) is 0. The maximum atomic E-state index is 9.10. The quantitative estimate of drug-likeness (QED) is 0.741. The minimum atomic E-state index is -0.476. The molecule has 0 saturated carbocycles. The van der Waals surface area contributed by atoms with E-state index in [9.17, 15) is 0 Å². The summed E-state index contributed by atoms with van der Waals surface area (Å²) in [6, 6.07) is 7.67. The van der Waals surface area contributed by atoms with Gasteiger partial charge in [-0.25, -0.2) is 0 Å². The zero-order chi connectivity index (χ0) is 15.7. The van der Waals surface area contributed by atoms with Gasteiger partial charge in [0, 0.05) is 12.2 Å². The number of hydrogen-bond donors (Lipinski definition) is 0. The minimum absolute atomic E-state index is 0.0370. The smallest absolute Gasteiger partial charge is 0.158 e. The summed E-state index contributed by atoms with van der Waals surface area (Å²) >= 11 is 3.75. The number of ether oxygens (including phenoxy) is 3. The van der Waals surface area contributed by atoms with Gasteiger partial charge in [0.2, 0.25) is 0 Å². The third kappa shape index (κ3) is 3.01. The maximum Gasteiger partial charge on any atom is 0.158 e. The Bertz CT molecular complexity index is 590. The van der Waals surface area contributed by atoms with E-state index in [1.165, 1.54) is 0 Å². The molecule has 1 unspecified atom stereocenters. The van der Waals surface area contributed by atoms with Crippen molar-refractivity contribution in [3.8, 4) is 11.8 Å². The number of hydrogen-bond acceptors (Lipinski definition) is 4. The second-order valence-electron chi connectivity index (χ2n) is 6.32. The molecule has 1 aromatic carbocycles. The van der Waals surface area contributed by atoms with Gasteiger partial charge < -0.3 is 14.2 Å². The second-order valence-corrected chi connectivity index (χ2v) is 7.31. The number of nitriles is 1. The summed E-state index contributed by atoms with van der Waals surface area (Å²) in [6.45, 7) is 4.80. The first kappa shape index (κ1) is 15.8. The molecule has 0 spiro atoms. The highest BCUT2D eigenvalue weighted by Gasteiger charge is 2.45. The number of fused-ring (bicyclic) bond motifs is 1. The van der Waals surface area contributed by atoms with Gasteiger partial charge >= 0.3 is 0 Å². The third-order valence-corrected chi connectivity index (χ3v) is 5.17. The predicted octanol–water partition coefficient (Wildman–Crippen LogP) is 4.08. The molecule has 3 rings (SSSR count). The molecule has 22 heavy (non-hydrogen) atoms. The summed E-state index contributed by atoms with van der Waals surface area (Å²) < 4.78 is 18.0. The lowest BCUT2D eigenvalue weighted by molar-refractivity contribution is -0.220. The fourth-order valence-electron chi connectivity index (χ4n) is 3.00. The Morgan fingerprint density at radius 1 is 1.36 bits per heavy atom. The van der Waals surface area contributed by atoms with Gasteiger partial charge in [0.1, 0.15) is 17.5 Å². The third-order valence-electron chi connectivity index (χ3n) is 4.20. The van der Waals surface area contributed by atoms with Gasteiger partial charge in [-0.3, -0.25) is 0 Å². The largest absolute Gasteiger partial charge is 0.485 e. The first-order chi connectivity index (χ1) is 10.5. The van der Waals surface area contributed by atoms with E-state index in [0.717, 1.165) is 37.2 Å². The number of alkyl halides is 1. The predicted molar refractivity (Wildman–Crippen MR) is 86.0 cm³/mol. The Hall–Kier alpha value is -1.09. The van der Waals surface area contributed by atoms with Crippen molar-refractivity contribution in [1.82, 2.24) is 0 Å². The fraction of sp³-hybridized carbons (Fsp3) is 0.588. The summed E-state index contributed by atoms with van der Waals surface area (Å²) in [5, 5.41) is 9.10. The molecule has 0 radical (unpaired) electrons. The van der Waals surface area contributed by atoms with Crippen molar-refractivity contribution >= 4 is 15.9 Å². The number of nitrogens with zero attached hydrogens (tertiary/aromatic N) is 1. The Kier molecular flexibility index (Phi) is 4.44. The van der Waals surface area contributed by atoms with E-state index in [2.05, 4.69) is 22.0 Å². The summed E-state index contributed by atoms with van der Waals surface area (Å²) in [4.78, 5) is -0.0370. The van der Waals surface area contributed by atoms with E-state index in [-0.39, 0.29) is 17.2 Å². The molecule has 2 aliphatic rings. The van der Waals surface area contributed by atoms with Crippen molar-refractivity contribution in [3.05, 3.63) is 29.3 Å². The van der Waals surface area contributed by atoms with E-state index in [4.69, 9.17) is 19.5 Å². The molecule has 1 saturated heterocycles. The van der Waals surface area contributed by atoms with E-state index < -0.39 is 5.60 Å². The molecule has 0 aliphatic carbocycles. The molecule has 1 fully saturated rings. The van der Waals surface area contributed by atoms with E-state index in [0.29, 0.717) is 5.56 Å². The molecular formula is C17H20BrNO3. The zero-order valence-corrected chi connectivity index (χ0v) is 14.4. The molecule has 118 valence electrons. The monoisotopic (exact) mass is 365 g/mol. The molecule has 0 N–H and O–H groups in total. The second kappa shape index (κ2) is 6.19. The highest BCUT2D eigenvalue weighted by molar-refractivity contribution is 9.09. The molecule has 0 amide bonds. The van der Waals surface area contributed by atoms with Gasteiger partial charge in [-0.15, -0.1) is 0 Å². The van der Waals surface area contributed by atoms with Crippen molar-refractivity contribution in [2.24, 2.45) is 0 Å². The zero-order valence-electron chi connectivity index (χ0n) is 12.8. The van der Waals surface area contributed by atoms with Gasteiger partial charge in [0.15, 0.2) is 6.29 Å². The van der Waals surface area contributed by atoms with Crippen LogP contribution in [0.2, 0.25) is 0 Å². The average molecular weight is 366 g/mol. The molecular weight excluding hydrogens is 346 g/mol. The minimum Gasteiger partial charge on any atom is -0.485 e. The van der Waals surface area contributed by atoms with Gasteiger partial charge in [-0.2, -0.15) is 5.26 Å². The lowest BCUT2D eigenvalue weighted by Gasteiger charge is -2.44. The molecule has 5 heteroatoms. The van der Waals surface area contributed by atoms with Crippen LogP contribution in [0, 0.1) is 11.3 Å². The number of halogens is 1. The maximum absolute atomic E-state index is 9.10. The summed E-state index contributed by atoms with van der Waals surface area (Å²) in [6.07, 6.45) is 2.77. The van der Waals surface area contributed by atoms with Crippen molar-refractivity contribution in [2.75, 3.05) is 6.61 Å². The van der Waals surface area contributed by atoms with Crippen LogP contribution in [0.5, 0.6) is 5.75 Å². The highest BCUT2D eigenvalue weighted by Crippen LogP contribution is 2.46. The van der Waals surface area contributed by atoms with Crippen LogP contribution in [0.25, 0.3) is 0 Å². The Morgan fingerprint density at radius 3 is 2.86 bits per heavy atom. The van der Waals surface area contributed by atoms with Crippen molar-refractivity contribution < 1.29 is 14.2 Å². The first-order valence-corrected chi connectivity index (χ1v) is 8.57. The molecule has 2 heterocycles. The standard InChI is InChI=1S/C17H20BrNO3/c1-17(2)16(21-14-5-3-4-8-20-14)15(18)12-9-11(10-19)6-7-13(12)22-17/h6-7,9,14-16H,3-5,8H2,1-2H3/t14?,15-,16+/m1/s1. The normalized spacial score (nSPS) is 30.0. The highest BCUT2D eigenvalue weighted by atomic mass is 79.9. The van der Waals surface area contributed by atoms with Gasteiger partial charge in [-0.1, -0.05) is 15.9 Å². The molecule has 1 aromatic rings. The number of rotatable bonds is 2. The molecule has 4 nitrogen and oxygen atoms in total. The van der Waals surface area contributed by atoms with Gasteiger partial charge in [0.05, 0.1) is 16.5 Å². The van der Waals surface area contributed by atoms with Crippen LogP contribution in [-0.4, -0.2) is 24.6 Å². The van der Waals surface area contributed by atoms with Crippen molar-refractivity contribution in [3.63, 3.8) is 0 Å². The van der Waals surface area contributed by atoms with Gasteiger partial charge in [-0.05, 0) is 51.3 Å². The summed E-state index contributed by atoms with van der Waals surface area (Å²) in [5.74, 6) is 0.801. The van der Waals surface area contributed by atoms with Crippen LogP contribution in [0.15, 0.2) is 18.2 Å². The molecule has 0 bridgehead atoms. The fourth-order valence-corrected chi connectivity index (χ4v) is 4.12. The Morgan fingerprint density at radius 2 is 2.18 bits per heavy atom. The lowest BCUT2D eigenvalue weighted by Crippen LogP contribution is -2.50. The molecule has 0 aromatic heterocycles. The topological polar surface area (TPSA) is 51.5 Å². The SMILES string of the molecule is CC1(C)Oc2ccc(C#N)cc2[C@@H](Br)[C@@H]1OC1CCCCO1. The van der Waals surface area contributed by atoms with E-state index >= 15 is 0 Å². The molecule has 3 atom stereocenters. The average Bonchev–Trinajstić information content (AvgIpc) is 2.52. The van der Waals surface area contributed by atoms with Crippen LogP contribution in [0.3, 0.4) is 0 Å². The van der Waals surface area contributed by atoms with Crippen LogP contribution >= 0.6 is 15.9 Å². The Labute approximate surface area is 139 Å². The number of benzene rings is 1. The molecule has 2 aliphatic heterocycles.